The third-order valence-electron chi connectivity index (χ3n) is 5.31. The van der Waals surface area contributed by atoms with Crippen LogP contribution in [0.4, 0.5) is 27.4 Å². The van der Waals surface area contributed by atoms with Gasteiger partial charge in [-0.1, -0.05) is 6.07 Å². The zero-order valence-electron chi connectivity index (χ0n) is 18.1. The van der Waals surface area contributed by atoms with Crippen molar-refractivity contribution in [1.29, 1.82) is 5.41 Å². The van der Waals surface area contributed by atoms with Crippen LogP contribution < -0.4 is 15.4 Å². The van der Waals surface area contributed by atoms with Crippen molar-refractivity contribution in [1.82, 2.24) is 9.97 Å². The molecule has 0 spiro atoms. The van der Waals surface area contributed by atoms with E-state index in [0.29, 0.717) is 51.2 Å². The van der Waals surface area contributed by atoms with Gasteiger partial charge >= 0.3 is 0 Å². The van der Waals surface area contributed by atoms with Crippen LogP contribution >= 0.6 is 0 Å². The van der Waals surface area contributed by atoms with Crippen LogP contribution in [0.25, 0.3) is 0 Å². The molecule has 1 aliphatic rings. The molecule has 0 atom stereocenters. The van der Waals surface area contributed by atoms with E-state index in [-0.39, 0.29) is 17.5 Å². The van der Waals surface area contributed by atoms with Gasteiger partial charge in [-0.3, -0.25) is 4.79 Å². The first-order valence-corrected chi connectivity index (χ1v) is 10.3. The maximum Gasteiger partial charge on any atom is 0.169 e. The predicted molar refractivity (Wildman–Crippen MR) is 122 cm³/mol. The first-order valence-electron chi connectivity index (χ1n) is 10.3. The Morgan fingerprint density at radius 1 is 1.09 bits per heavy atom. The molecule has 1 saturated carbocycles. The van der Waals surface area contributed by atoms with Crippen molar-refractivity contribution in [3.05, 3.63) is 65.2 Å². The van der Waals surface area contributed by atoms with Crippen molar-refractivity contribution in [2.24, 2.45) is 5.92 Å². The first kappa shape index (κ1) is 21.4. The molecule has 0 bridgehead atoms. The highest BCUT2D eigenvalue weighted by molar-refractivity contribution is 6.05. The van der Waals surface area contributed by atoms with Gasteiger partial charge in [-0.15, -0.1) is 0 Å². The smallest absolute Gasteiger partial charge is 0.169 e. The summed E-state index contributed by atoms with van der Waals surface area (Å²) < 4.78 is 19.1. The van der Waals surface area contributed by atoms with Gasteiger partial charge in [-0.05, 0) is 50.5 Å². The fraction of sp³-hybridized carbons (Fsp3) is 0.250. The minimum atomic E-state index is -0.385. The van der Waals surface area contributed by atoms with E-state index in [9.17, 15) is 9.18 Å². The number of ketones is 1. The fourth-order valence-electron chi connectivity index (χ4n) is 3.42. The number of anilines is 4. The molecule has 1 fully saturated rings. The molecule has 0 radical (unpaired) electrons. The van der Waals surface area contributed by atoms with Crippen molar-refractivity contribution in [2.75, 3.05) is 17.7 Å². The first-order chi connectivity index (χ1) is 15.4. The van der Waals surface area contributed by atoms with Crippen molar-refractivity contribution in [3.63, 3.8) is 0 Å². The summed E-state index contributed by atoms with van der Waals surface area (Å²) in [4.78, 5) is 21.3. The summed E-state index contributed by atoms with van der Waals surface area (Å²) in [7, 11) is 1.55. The van der Waals surface area contributed by atoms with Gasteiger partial charge < -0.3 is 20.8 Å². The van der Waals surface area contributed by atoms with Gasteiger partial charge in [-0.2, -0.15) is 0 Å². The molecular formula is C24H24FN5O2. The molecule has 0 unspecified atom stereocenters. The maximum absolute atomic E-state index is 13.5. The molecule has 0 saturated heterocycles. The van der Waals surface area contributed by atoms with E-state index < -0.39 is 0 Å². The number of methoxy groups -OCH3 is 1. The van der Waals surface area contributed by atoms with Gasteiger partial charge in [0.15, 0.2) is 11.5 Å². The normalized spacial score (nSPS) is 12.9. The second-order valence-electron chi connectivity index (χ2n) is 7.83. The molecule has 3 aromatic rings. The van der Waals surface area contributed by atoms with Gasteiger partial charge in [0.1, 0.15) is 17.5 Å². The summed E-state index contributed by atoms with van der Waals surface area (Å²) in [6.07, 6.45) is 4.45. The topological polar surface area (TPSA) is 100.0 Å². The van der Waals surface area contributed by atoms with Gasteiger partial charge in [-0.25, -0.2) is 14.4 Å². The SMILES string of the molecule is COc1c(Nc2cc(Nc3cc(C)c(F)cn3)ncc2C(=O)C2CC2)cccc1C(C)=N. The Hall–Kier alpha value is -3.81. The summed E-state index contributed by atoms with van der Waals surface area (Å²) in [6, 6.07) is 8.78. The summed E-state index contributed by atoms with van der Waals surface area (Å²) in [5.41, 5.74) is 3.18. The maximum atomic E-state index is 13.5. The van der Waals surface area contributed by atoms with Crippen molar-refractivity contribution in [2.45, 2.75) is 26.7 Å². The fourth-order valence-corrected chi connectivity index (χ4v) is 3.42. The standard InChI is InChI=1S/C24H24FN5O2/c1-13-9-21(28-12-18(13)25)30-22-10-20(17(11-27-22)23(31)15-7-8-15)29-19-6-4-5-16(14(2)26)24(19)32-3/h4-6,9-12,15,26H,7-8H2,1-3H3,(H2,27,28,29,30). The van der Waals surface area contributed by atoms with Crippen LogP contribution in [0.15, 0.2) is 42.7 Å². The van der Waals surface area contributed by atoms with Gasteiger partial charge in [0, 0.05) is 29.5 Å². The molecule has 32 heavy (non-hydrogen) atoms. The number of nitrogens with one attached hydrogen (secondary N) is 3. The Balaban J connectivity index is 1.72. The lowest BCUT2D eigenvalue weighted by molar-refractivity contribution is 0.0968. The van der Waals surface area contributed by atoms with Crippen LogP contribution in [0.3, 0.4) is 0 Å². The second kappa shape index (κ2) is 8.74. The lowest BCUT2D eigenvalue weighted by atomic mass is 10.1. The largest absolute Gasteiger partial charge is 0.494 e. The second-order valence-corrected chi connectivity index (χ2v) is 7.83. The zero-order valence-corrected chi connectivity index (χ0v) is 18.1. The molecule has 0 amide bonds. The van der Waals surface area contributed by atoms with Crippen molar-refractivity contribution >= 4 is 34.5 Å². The van der Waals surface area contributed by atoms with E-state index in [1.807, 2.05) is 18.2 Å². The number of aromatic nitrogens is 2. The van der Waals surface area contributed by atoms with E-state index >= 15 is 0 Å². The Kier molecular flexibility index (Phi) is 5.85. The Morgan fingerprint density at radius 3 is 2.47 bits per heavy atom. The van der Waals surface area contributed by atoms with Crippen LogP contribution in [0.5, 0.6) is 5.75 Å². The van der Waals surface area contributed by atoms with E-state index in [1.165, 1.54) is 0 Å². The number of halogens is 1. The number of rotatable bonds is 8. The molecule has 7 nitrogen and oxygen atoms in total. The number of aryl methyl sites for hydroxylation is 1. The van der Waals surface area contributed by atoms with Crippen LogP contribution in [-0.4, -0.2) is 28.6 Å². The van der Waals surface area contributed by atoms with Gasteiger partial charge in [0.2, 0.25) is 0 Å². The Bertz CT molecular complexity index is 1210. The number of ether oxygens (including phenoxy) is 1. The number of pyridine rings is 2. The summed E-state index contributed by atoms with van der Waals surface area (Å²) >= 11 is 0. The number of hydrogen-bond donors (Lipinski definition) is 3. The van der Waals surface area contributed by atoms with Crippen LogP contribution in [0.1, 0.15) is 41.3 Å². The molecule has 2 aromatic heterocycles. The van der Waals surface area contributed by atoms with Gasteiger partial charge in [0.05, 0.1) is 30.2 Å². The van der Waals surface area contributed by atoms with Crippen LogP contribution in [0.2, 0.25) is 0 Å². The van der Waals surface area contributed by atoms with E-state index in [1.54, 1.807) is 39.3 Å². The van der Waals surface area contributed by atoms with Crippen LogP contribution in [-0.2, 0) is 0 Å². The number of carbonyl (C=O) groups is 1. The number of hydrogen-bond acceptors (Lipinski definition) is 7. The molecular weight excluding hydrogens is 409 g/mol. The molecule has 1 aromatic carbocycles. The molecule has 4 rings (SSSR count). The van der Waals surface area contributed by atoms with E-state index in [2.05, 4.69) is 20.6 Å². The summed E-state index contributed by atoms with van der Waals surface area (Å²) in [5.74, 6) is 1.10. The number of para-hydroxylation sites is 1. The molecule has 1 aliphatic carbocycles. The van der Waals surface area contributed by atoms with Crippen molar-refractivity contribution < 1.29 is 13.9 Å². The number of benzene rings is 1. The minimum Gasteiger partial charge on any atom is -0.494 e. The molecule has 2 heterocycles. The lowest BCUT2D eigenvalue weighted by Gasteiger charge is -2.17. The summed E-state index contributed by atoms with van der Waals surface area (Å²) in [6.45, 7) is 3.35. The van der Waals surface area contributed by atoms with E-state index in [4.69, 9.17) is 10.1 Å². The molecule has 0 aliphatic heterocycles. The molecule has 8 heteroatoms. The third kappa shape index (κ3) is 4.44. The molecule has 3 N–H and O–H groups in total. The average molecular weight is 433 g/mol. The monoisotopic (exact) mass is 433 g/mol. The van der Waals surface area contributed by atoms with E-state index in [0.717, 1.165) is 19.0 Å². The number of Topliss-reactive ketones (excluding diaryl/α,β-unsaturated/α-hetero) is 1. The number of nitrogens with zero attached hydrogens (tertiary/aromatic N) is 2. The number of carbonyl (C=O) groups excluding carboxylic acids is 1. The minimum absolute atomic E-state index is 0.0228. The predicted octanol–water partition coefficient (Wildman–Crippen LogP) is 5.40. The average Bonchev–Trinajstić information content (AvgIpc) is 3.61. The Labute approximate surface area is 185 Å². The lowest BCUT2D eigenvalue weighted by Crippen LogP contribution is -2.09. The van der Waals surface area contributed by atoms with Crippen LogP contribution in [0, 0.1) is 24.1 Å². The Morgan fingerprint density at radius 2 is 1.81 bits per heavy atom. The van der Waals surface area contributed by atoms with Crippen molar-refractivity contribution in [3.8, 4) is 5.75 Å². The highest BCUT2D eigenvalue weighted by Crippen LogP contribution is 2.38. The highest BCUT2D eigenvalue weighted by atomic mass is 19.1. The summed E-state index contributed by atoms with van der Waals surface area (Å²) in [5, 5.41) is 14.4. The molecule has 164 valence electrons. The van der Waals surface area contributed by atoms with Gasteiger partial charge in [0.25, 0.3) is 0 Å². The quantitative estimate of drug-likeness (QED) is 0.325. The zero-order chi connectivity index (χ0) is 22.8. The third-order valence-corrected chi connectivity index (χ3v) is 5.31. The highest BCUT2D eigenvalue weighted by Gasteiger charge is 2.32.